The van der Waals surface area contributed by atoms with Crippen molar-refractivity contribution >= 4 is 20.0 Å². The smallest absolute Gasteiger partial charge is 0.229 e. The van der Waals surface area contributed by atoms with Gasteiger partial charge in [0, 0.05) is 6.54 Å². The van der Waals surface area contributed by atoms with Crippen LogP contribution in [0.4, 0.5) is 4.39 Å². The highest BCUT2D eigenvalue weighted by molar-refractivity contribution is 7.89. The van der Waals surface area contributed by atoms with Crippen LogP contribution < -0.4 is 9.86 Å². The predicted molar refractivity (Wildman–Crippen MR) is 64.2 cm³/mol. The van der Waals surface area contributed by atoms with E-state index >= 15 is 0 Å². The van der Waals surface area contributed by atoms with Gasteiger partial charge in [0.05, 0.1) is 5.75 Å². The molecule has 0 aliphatic carbocycles. The molecule has 0 aromatic heterocycles. The van der Waals surface area contributed by atoms with Gasteiger partial charge in [0.25, 0.3) is 0 Å². The summed E-state index contributed by atoms with van der Waals surface area (Å²) in [4.78, 5) is -0.472. The van der Waals surface area contributed by atoms with Crippen LogP contribution >= 0.6 is 0 Å². The molecule has 0 aliphatic heterocycles. The Bertz CT molecular complexity index is 613. The first-order valence-corrected chi connectivity index (χ1v) is 8.17. The predicted octanol–water partition coefficient (Wildman–Crippen LogP) is -0.217. The Labute approximate surface area is 105 Å². The van der Waals surface area contributed by atoms with Crippen LogP contribution in [0.25, 0.3) is 0 Å². The molecule has 0 atom stereocenters. The number of hydrogen-bond donors (Lipinski definition) is 2. The van der Waals surface area contributed by atoms with Crippen molar-refractivity contribution in [1.29, 1.82) is 0 Å². The van der Waals surface area contributed by atoms with Gasteiger partial charge >= 0.3 is 0 Å². The topological polar surface area (TPSA) is 106 Å². The van der Waals surface area contributed by atoms with Crippen LogP contribution in [0.3, 0.4) is 0 Å². The molecule has 0 unspecified atom stereocenters. The Morgan fingerprint density at radius 3 is 2.33 bits per heavy atom. The number of nitrogens with one attached hydrogen (secondary N) is 1. The van der Waals surface area contributed by atoms with E-state index in [1.165, 1.54) is 12.1 Å². The van der Waals surface area contributed by atoms with Crippen molar-refractivity contribution in [3.63, 3.8) is 0 Å². The van der Waals surface area contributed by atoms with Crippen molar-refractivity contribution in [1.82, 2.24) is 4.72 Å². The summed E-state index contributed by atoms with van der Waals surface area (Å²) in [6.45, 7) is -0.132. The standard InChI is InChI=1S/C9H13FN2O4S2/c10-8-4-1-2-5-9(8)18(15,16)12-6-3-7-17(11,13)14/h1-2,4-5,12H,3,6-7H2,(H2,11,13,14). The second kappa shape index (κ2) is 5.74. The van der Waals surface area contributed by atoms with E-state index in [2.05, 4.69) is 4.72 Å². The van der Waals surface area contributed by atoms with E-state index in [0.29, 0.717) is 0 Å². The summed E-state index contributed by atoms with van der Waals surface area (Å²) >= 11 is 0. The molecule has 0 spiro atoms. The minimum atomic E-state index is -3.97. The molecule has 0 aliphatic rings. The maximum absolute atomic E-state index is 13.2. The fraction of sp³-hybridized carbons (Fsp3) is 0.333. The van der Waals surface area contributed by atoms with Gasteiger partial charge in [-0.25, -0.2) is 31.1 Å². The summed E-state index contributed by atoms with van der Waals surface area (Å²) in [6.07, 6.45) is 0.0204. The lowest BCUT2D eigenvalue weighted by molar-refractivity contribution is 0.555. The van der Waals surface area contributed by atoms with Gasteiger partial charge in [0.2, 0.25) is 20.0 Å². The molecule has 0 bridgehead atoms. The first kappa shape index (κ1) is 15.0. The van der Waals surface area contributed by atoms with E-state index in [-0.39, 0.29) is 18.7 Å². The highest BCUT2D eigenvalue weighted by Gasteiger charge is 2.17. The van der Waals surface area contributed by atoms with Crippen molar-refractivity contribution in [2.45, 2.75) is 11.3 Å². The fourth-order valence-electron chi connectivity index (χ4n) is 1.22. The molecular weight excluding hydrogens is 283 g/mol. The zero-order chi connectivity index (χ0) is 13.8. The number of benzene rings is 1. The zero-order valence-corrected chi connectivity index (χ0v) is 11.0. The fourth-order valence-corrected chi connectivity index (χ4v) is 2.92. The Hall–Kier alpha value is -1.03. The van der Waals surface area contributed by atoms with E-state index in [9.17, 15) is 21.2 Å². The Morgan fingerprint density at radius 1 is 1.17 bits per heavy atom. The lowest BCUT2D eigenvalue weighted by atomic mass is 10.4. The molecule has 0 saturated carbocycles. The van der Waals surface area contributed by atoms with Gasteiger partial charge in [-0.05, 0) is 18.6 Å². The summed E-state index contributed by atoms with van der Waals surface area (Å²) in [5.41, 5.74) is 0. The lowest BCUT2D eigenvalue weighted by Crippen LogP contribution is -2.28. The first-order valence-electron chi connectivity index (χ1n) is 4.97. The molecule has 102 valence electrons. The molecule has 9 heteroatoms. The second-order valence-corrected chi connectivity index (χ2v) is 7.02. The van der Waals surface area contributed by atoms with Crippen LogP contribution in [-0.4, -0.2) is 29.1 Å². The SMILES string of the molecule is NS(=O)(=O)CCCNS(=O)(=O)c1ccccc1F. The van der Waals surface area contributed by atoms with Crippen LogP contribution in [0.5, 0.6) is 0 Å². The summed E-state index contributed by atoms with van der Waals surface area (Å²) in [6, 6.07) is 4.91. The molecule has 0 radical (unpaired) electrons. The molecule has 3 N–H and O–H groups in total. The molecule has 18 heavy (non-hydrogen) atoms. The average molecular weight is 296 g/mol. The van der Waals surface area contributed by atoms with Crippen LogP contribution in [0.1, 0.15) is 6.42 Å². The third-order valence-corrected chi connectivity index (χ3v) is 4.38. The highest BCUT2D eigenvalue weighted by Crippen LogP contribution is 2.12. The van der Waals surface area contributed by atoms with Crippen LogP contribution in [0, 0.1) is 5.82 Å². The van der Waals surface area contributed by atoms with Gasteiger partial charge < -0.3 is 0 Å². The molecule has 0 heterocycles. The Balaban J connectivity index is 2.65. The number of halogens is 1. The molecule has 1 aromatic carbocycles. The van der Waals surface area contributed by atoms with E-state index in [4.69, 9.17) is 5.14 Å². The number of sulfonamides is 2. The third kappa shape index (κ3) is 4.69. The largest absolute Gasteiger partial charge is 0.243 e. The number of nitrogens with two attached hydrogens (primary N) is 1. The van der Waals surface area contributed by atoms with Crippen LogP contribution in [0.15, 0.2) is 29.2 Å². The van der Waals surface area contributed by atoms with E-state index in [0.717, 1.165) is 12.1 Å². The maximum Gasteiger partial charge on any atom is 0.243 e. The molecule has 1 rings (SSSR count). The Morgan fingerprint density at radius 2 is 1.78 bits per heavy atom. The zero-order valence-electron chi connectivity index (χ0n) is 9.34. The van der Waals surface area contributed by atoms with Crippen LogP contribution in [0.2, 0.25) is 0 Å². The summed E-state index contributed by atoms with van der Waals surface area (Å²) in [5.74, 6) is -1.20. The minimum absolute atomic E-state index is 0.0204. The maximum atomic E-state index is 13.2. The second-order valence-electron chi connectivity index (χ2n) is 3.55. The van der Waals surface area contributed by atoms with Gasteiger partial charge in [-0.2, -0.15) is 0 Å². The van der Waals surface area contributed by atoms with E-state index < -0.39 is 30.8 Å². The van der Waals surface area contributed by atoms with Crippen molar-refractivity contribution in [2.24, 2.45) is 5.14 Å². The van der Waals surface area contributed by atoms with Gasteiger partial charge in [-0.15, -0.1) is 0 Å². The minimum Gasteiger partial charge on any atom is -0.229 e. The molecular formula is C9H13FN2O4S2. The van der Waals surface area contributed by atoms with Gasteiger partial charge in [0.1, 0.15) is 10.7 Å². The molecule has 0 saturated heterocycles. The van der Waals surface area contributed by atoms with Crippen molar-refractivity contribution in [3.05, 3.63) is 30.1 Å². The average Bonchev–Trinajstić information content (AvgIpc) is 2.24. The summed E-state index contributed by atoms with van der Waals surface area (Å²) in [5, 5.41) is 4.76. The molecule has 6 nitrogen and oxygen atoms in total. The van der Waals surface area contributed by atoms with E-state index in [1.54, 1.807) is 0 Å². The highest BCUT2D eigenvalue weighted by atomic mass is 32.2. The van der Waals surface area contributed by atoms with Crippen molar-refractivity contribution in [3.8, 4) is 0 Å². The van der Waals surface area contributed by atoms with Gasteiger partial charge in [-0.3, -0.25) is 0 Å². The number of rotatable bonds is 6. The van der Waals surface area contributed by atoms with Crippen molar-refractivity contribution in [2.75, 3.05) is 12.3 Å². The quantitative estimate of drug-likeness (QED) is 0.708. The van der Waals surface area contributed by atoms with Crippen molar-refractivity contribution < 1.29 is 21.2 Å². The summed E-state index contributed by atoms with van der Waals surface area (Å²) < 4.78 is 59.9. The normalized spacial score (nSPS) is 12.6. The third-order valence-electron chi connectivity index (χ3n) is 2.02. The molecule has 0 amide bonds. The lowest BCUT2D eigenvalue weighted by Gasteiger charge is -2.06. The van der Waals surface area contributed by atoms with Crippen LogP contribution in [-0.2, 0) is 20.0 Å². The summed E-state index contributed by atoms with van der Waals surface area (Å²) in [7, 11) is -7.59. The molecule has 0 fully saturated rings. The first-order chi connectivity index (χ1) is 8.22. The van der Waals surface area contributed by atoms with E-state index in [1.807, 2.05) is 0 Å². The monoisotopic (exact) mass is 296 g/mol. The van der Waals surface area contributed by atoms with Gasteiger partial charge in [-0.1, -0.05) is 12.1 Å². The Kier molecular flexibility index (Phi) is 4.79. The molecule has 1 aromatic rings. The number of hydrogen-bond acceptors (Lipinski definition) is 4. The number of primary sulfonamides is 1. The van der Waals surface area contributed by atoms with Gasteiger partial charge in [0.15, 0.2) is 0 Å².